The topological polar surface area (TPSA) is 32.6 Å². The zero-order valence-electron chi connectivity index (χ0n) is 10.9. The van der Waals surface area contributed by atoms with Crippen molar-refractivity contribution in [1.82, 2.24) is 0 Å². The number of benzene rings is 3. The van der Waals surface area contributed by atoms with Gasteiger partial charge >= 0.3 is 0 Å². The van der Waals surface area contributed by atoms with Crippen LogP contribution in [0.25, 0.3) is 10.8 Å². The number of aromatic hydroxyl groups is 1. The summed E-state index contributed by atoms with van der Waals surface area (Å²) in [5.41, 5.74) is 1.33. The lowest BCUT2D eigenvalue weighted by molar-refractivity contribution is 0.481. The van der Waals surface area contributed by atoms with Crippen molar-refractivity contribution in [2.45, 2.75) is 0 Å². The molecule has 0 aromatic heterocycles. The van der Waals surface area contributed by atoms with Gasteiger partial charge < -0.3 is 5.11 Å². The van der Waals surface area contributed by atoms with E-state index in [0.717, 1.165) is 10.8 Å². The number of fused-ring (bicyclic) bond motifs is 1. The molecule has 0 saturated carbocycles. The van der Waals surface area contributed by atoms with Gasteiger partial charge in [0.05, 0.1) is 15.7 Å². The van der Waals surface area contributed by atoms with E-state index in [-0.39, 0.29) is 5.75 Å². The summed E-state index contributed by atoms with van der Waals surface area (Å²) in [6.45, 7) is 0. The maximum atomic E-state index is 10.3. The van der Waals surface area contributed by atoms with Crippen LogP contribution in [0, 0.1) is 0 Å². The molecule has 0 aliphatic carbocycles. The fourth-order valence-corrected chi connectivity index (χ4v) is 2.38. The van der Waals surface area contributed by atoms with Crippen LogP contribution in [0.5, 0.6) is 5.75 Å². The minimum atomic E-state index is 0.219. The monoisotopic (exact) mass is 315 g/mol. The Labute approximate surface area is 132 Å². The van der Waals surface area contributed by atoms with Crippen molar-refractivity contribution < 1.29 is 5.11 Å². The molecule has 4 heteroatoms. The van der Waals surface area contributed by atoms with Crippen molar-refractivity contribution in [3.8, 4) is 5.75 Å². The predicted molar refractivity (Wildman–Crippen MR) is 89.3 cm³/mol. The highest BCUT2D eigenvalue weighted by Crippen LogP contribution is 2.29. The smallest absolute Gasteiger partial charge is 0.132 e. The normalized spacial score (nSPS) is 11.3. The van der Waals surface area contributed by atoms with E-state index in [4.69, 9.17) is 23.2 Å². The number of hydrogen-bond acceptors (Lipinski definition) is 2. The van der Waals surface area contributed by atoms with Crippen molar-refractivity contribution in [3.05, 3.63) is 70.2 Å². The molecule has 0 radical (unpaired) electrons. The van der Waals surface area contributed by atoms with Crippen LogP contribution in [-0.4, -0.2) is 11.3 Å². The molecule has 21 heavy (non-hydrogen) atoms. The Morgan fingerprint density at radius 2 is 1.71 bits per heavy atom. The lowest BCUT2D eigenvalue weighted by atomic mass is 10.1. The molecular weight excluding hydrogens is 305 g/mol. The third-order valence-electron chi connectivity index (χ3n) is 3.19. The second-order valence-corrected chi connectivity index (χ2v) is 5.40. The highest BCUT2D eigenvalue weighted by atomic mass is 35.5. The standard InChI is InChI=1S/C17H11Cl2NO/c18-15-8-7-13(9-16(15)19)20-10-12-6-5-11-3-1-2-4-14(11)17(12)21/h1-10,21H. The SMILES string of the molecule is Oc1c(C=Nc2ccc(Cl)c(Cl)c2)ccc2ccccc12. The molecule has 1 N–H and O–H groups in total. The molecule has 0 unspecified atom stereocenters. The number of halogens is 2. The highest BCUT2D eigenvalue weighted by molar-refractivity contribution is 6.42. The largest absolute Gasteiger partial charge is 0.507 e. The van der Waals surface area contributed by atoms with Gasteiger partial charge in [0, 0.05) is 17.2 Å². The van der Waals surface area contributed by atoms with Crippen molar-refractivity contribution in [2.24, 2.45) is 4.99 Å². The summed E-state index contributed by atoms with van der Waals surface area (Å²) in [6.07, 6.45) is 1.61. The van der Waals surface area contributed by atoms with Crippen LogP contribution in [0.1, 0.15) is 5.56 Å². The zero-order chi connectivity index (χ0) is 14.8. The Morgan fingerprint density at radius 3 is 2.52 bits per heavy atom. The van der Waals surface area contributed by atoms with Gasteiger partial charge in [-0.2, -0.15) is 0 Å². The van der Waals surface area contributed by atoms with Crippen LogP contribution >= 0.6 is 23.2 Å². The Hall–Kier alpha value is -2.03. The fraction of sp³-hybridized carbons (Fsp3) is 0. The zero-order valence-corrected chi connectivity index (χ0v) is 12.4. The summed E-state index contributed by atoms with van der Waals surface area (Å²) in [4.78, 5) is 4.32. The van der Waals surface area contributed by atoms with E-state index < -0.39 is 0 Å². The molecule has 0 spiro atoms. The van der Waals surface area contributed by atoms with Gasteiger partial charge in [-0.15, -0.1) is 0 Å². The molecule has 104 valence electrons. The van der Waals surface area contributed by atoms with Crippen molar-refractivity contribution in [3.63, 3.8) is 0 Å². The van der Waals surface area contributed by atoms with Gasteiger partial charge in [0.1, 0.15) is 5.75 Å². The number of phenols is 1. The summed E-state index contributed by atoms with van der Waals surface area (Å²) >= 11 is 11.8. The van der Waals surface area contributed by atoms with Crippen LogP contribution < -0.4 is 0 Å². The van der Waals surface area contributed by atoms with E-state index in [9.17, 15) is 5.11 Å². The van der Waals surface area contributed by atoms with Gasteiger partial charge in [-0.25, -0.2) is 0 Å². The third-order valence-corrected chi connectivity index (χ3v) is 3.93. The molecule has 3 rings (SSSR count). The van der Waals surface area contributed by atoms with Crippen LogP contribution in [0.2, 0.25) is 10.0 Å². The Kier molecular flexibility index (Phi) is 3.82. The van der Waals surface area contributed by atoms with E-state index in [1.807, 2.05) is 36.4 Å². The molecule has 0 atom stereocenters. The quantitative estimate of drug-likeness (QED) is 0.613. The lowest BCUT2D eigenvalue weighted by Gasteiger charge is -2.04. The molecular formula is C17H11Cl2NO. The molecule has 0 bridgehead atoms. The van der Waals surface area contributed by atoms with E-state index in [1.54, 1.807) is 24.4 Å². The van der Waals surface area contributed by atoms with Gasteiger partial charge in [-0.05, 0) is 29.7 Å². The number of rotatable bonds is 2. The van der Waals surface area contributed by atoms with Crippen molar-refractivity contribution in [1.29, 1.82) is 0 Å². The maximum Gasteiger partial charge on any atom is 0.132 e. The third kappa shape index (κ3) is 2.87. The Balaban J connectivity index is 1.99. The molecule has 0 fully saturated rings. The molecule has 0 aliphatic rings. The average molecular weight is 316 g/mol. The maximum absolute atomic E-state index is 10.3. The van der Waals surface area contributed by atoms with Crippen LogP contribution in [-0.2, 0) is 0 Å². The summed E-state index contributed by atoms with van der Waals surface area (Å²) in [5, 5.41) is 13.0. The first kappa shape index (κ1) is 13.9. The molecule has 3 aromatic carbocycles. The van der Waals surface area contributed by atoms with Crippen LogP contribution in [0.3, 0.4) is 0 Å². The number of phenolic OH excluding ortho intramolecular Hbond substituents is 1. The molecule has 0 heterocycles. The second-order valence-electron chi connectivity index (χ2n) is 4.58. The molecule has 0 saturated heterocycles. The average Bonchev–Trinajstić information content (AvgIpc) is 2.50. The Morgan fingerprint density at radius 1 is 0.905 bits per heavy atom. The fourth-order valence-electron chi connectivity index (χ4n) is 2.09. The first-order valence-electron chi connectivity index (χ1n) is 6.35. The van der Waals surface area contributed by atoms with Gasteiger partial charge in [0.2, 0.25) is 0 Å². The van der Waals surface area contributed by atoms with E-state index in [1.165, 1.54) is 0 Å². The molecule has 0 aliphatic heterocycles. The lowest BCUT2D eigenvalue weighted by Crippen LogP contribution is -1.84. The molecule has 2 nitrogen and oxygen atoms in total. The van der Waals surface area contributed by atoms with Gasteiger partial charge in [-0.1, -0.05) is 53.5 Å². The Bertz CT molecular complexity index is 843. The summed E-state index contributed by atoms with van der Waals surface area (Å²) < 4.78 is 0. The van der Waals surface area contributed by atoms with E-state index >= 15 is 0 Å². The number of hydrogen-bond donors (Lipinski definition) is 1. The van der Waals surface area contributed by atoms with Crippen LogP contribution in [0.4, 0.5) is 5.69 Å². The first-order chi connectivity index (χ1) is 10.1. The minimum Gasteiger partial charge on any atom is -0.507 e. The molecule has 3 aromatic rings. The van der Waals surface area contributed by atoms with E-state index in [2.05, 4.69) is 4.99 Å². The van der Waals surface area contributed by atoms with Gasteiger partial charge in [-0.3, -0.25) is 4.99 Å². The second kappa shape index (κ2) is 5.76. The number of nitrogens with zero attached hydrogens (tertiary/aromatic N) is 1. The van der Waals surface area contributed by atoms with Gasteiger partial charge in [0.15, 0.2) is 0 Å². The van der Waals surface area contributed by atoms with Crippen molar-refractivity contribution in [2.75, 3.05) is 0 Å². The highest BCUT2D eigenvalue weighted by Gasteiger charge is 2.04. The minimum absolute atomic E-state index is 0.219. The van der Waals surface area contributed by atoms with Crippen molar-refractivity contribution >= 4 is 45.9 Å². The predicted octanol–water partition coefficient (Wildman–Crippen LogP) is 5.60. The summed E-state index contributed by atoms with van der Waals surface area (Å²) in [7, 11) is 0. The number of aliphatic imine (C=N–C) groups is 1. The first-order valence-corrected chi connectivity index (χ1v) is 7.10. The molecule has 0 amide bonds. The van der Waals surface area contributed by atoms with Crippen LogP contribution in [0.15, 0.2) is 59.6 Å². The summed E-state index contributed by atoms with van der Waals surface area (Å²) in [5.74, 6) is 0.219. The van der Waals surface area contributed by atoms with E-state index in [0.29, 0.717) is 21.3 Å². The summed E-state index contributed by atoms with van der Waals surface area (Å²) in [6, 6.07) is 16.6. The van der Waals surface area contributed by atoms with Gasteiger partial charge in [0.25, 0.3) is 0 Å².